The maximum absolute atomic E-state index is 12.3. The third-order valence-electron chi connectivity index (χ3n) is 4.09. The van der Waals surface area contributed by atoms with Crippen LogP contribution in [0, 0.1) is 5.92 Å². The Bertz CT molecular complexity index is 756. The lowest BCUT2D eigenvalue weighted by molar-refractivity contribution is -0.113. The van der Waals surface area contributed by atoms with Crippen LogP contribution in [0.3, 0.4) is 0 Å². The monoisotopic (exact) mass is 388 g/mol. The van der Waals surface area contributed by atoms with Crippen molar-refractivity contribution in [3.8, 4) is 0 Å². The first-order valence-corrected chi connectivity index (χ1v) is 10.1. The molecule has 0 fully saturated rings. The number of aryl methyl sites for hydroxylation is 1. The van der Waals surface area contributed by atoms with Gasteiger partial charge in [-0.15, -0.1) is 0 Å². The van der Waals surface area contributed by atoms with Crippen molar-refractivity contribution in [3.63, 3.8) is 0 Å². The first-order chi connectivity index (χ1) is 12.8. The van der Waals surface area contributed by atoms with Gasteiger partial charge in [-0.05, 0) is 49.9 Å². The van der Waals surface area contributed by atoms with Gasteiger partial charge < -0.3 is 15.2 Å². The molecule has 0 aliphatic carbocycles. The molecule has 2 rings (SSSR count). The molecule has 7 heteroatoms. The molecule has 1 atom stereocenters. The summed E-state index contributed by atoms with van der Waals surface area (Å²) in [5.41, 5.74) is 1.26. The summed E-state index contributed by atoms with van der Waals surface area (Å²) in [6.07, 6.45) is 5.59. The van der Waals surface area contributed by atoms with E-state index < -0.39 is 0 Å². The van der Waals surface area contributed by atoms with Crippen LogP contribution in [0.5, 0.6) is 0 Å². The zero-order valence-electron chi connectivity index (χ0n) is 16.4. The number of anilines is 1. The molecule has 1 aromatic carbocycles. The van der Waals surface area contributed by atoms with Crippen LogP contribution < -0.4 is 10.6 Å². The Morgan fingerprint density at radius 2 is 1.85 bits per heavy atom. The second-order valence-corrected chi connectivity index (χ2v) is 8.02. The standard InChI is InChI=1S/C20H28N4O2S/c1-14(2)5-6-15(3)22-19(26)16-7-9-17(10-8-16)23-18(25)13-27-20-21-11-12-24(20)4/h7-12,14-15H,5-6,13H2,1-4H3,(H,22,26)(H,23,25). The van der Waals surface area contributed by atoms with Crippen LogP contribution >= 0.6 is 11.8 Å². The molecule has 27 heavy (non-hydrogen) atoms. The molecular weight excluding hydrogens is 360 g/mol. The van der Waals surface area contributed by atoms with E-state index in [-0.39, 0.29) is 23.6 Å². The van der Waals surface area contributed by atoms with Crippen molar-refractivity contribution < 1.29 is 9.59 Å². The summed E-state index contributed by atoms with van der Waals surface area (Å²) in [4.78, 5) is 28.5. The lowest BCUT2D eigenvalue weighted by Gasteiger charge is -2.15. The summed E-state index contributed by atoms with van der Waals surface area (Å²) in [6, 6.07) is 7.09. The van der Waals surface area contributed by atoms with Crippen molar-refractivity contribution in [2.45, 2.75) is 44.8 Å². The largest absolute Gasteiger partial charge is 0.350 e. The fourth-order valence-corrected chi connectivity index (χ4v) is 3.22. The molecule has 0 saturated heterocycles. The fraction of sp³-hybridized carbons (Fsp3) is 0.450. The zero-order chi connectivity index (χ0) is 19.8. The SMILES string of the molecule is CC(C)CCC(C)NC(=O)c1ccc(NC(=O)CSc2nccn2C)cc1. The van der Waals surface area contributed by atoms with Gasteiger partial charge in [0.1, 0.15) is 0 Å². The van der Waals surface area contributed by atoms with Gasteiger partial charge in [-0.3, -0.25) is 9.59 Å². The summed E-state index contributed by atoms with van der Waals surface area (Å²) in [5.74, 6) is 0.709. The van der Waals surface area contributed by atoms with Gasteiger partial charge in [0.25, 0.3) is 5.91 Å². The quantitative estimate of drug-likeness (QED) is 0.642. The molecule has 0 spiro atoms. The van der Waals surface area contributed by atoms with Crippen molar-refractivity contribution in [3.05, 3.63) is 42.2 Å². The molecule has 1 aromatic heterocycles. The van der Waals surface area contributed by atoms with E-state index in [0.29, 0.717) is 17.2 Å². The molecule has 2 aromatic rings. The van der Waals surface area contributed by atoms with E-state index in [0.717, 1.165) is 18.0 Å². The number of amides is 2. The zero-order valence-corrected chi connectivity index (χ0v) is 17.2. The number of hydrogen-bond donors (Lipinski definition) is 2. The number of carbonyl (C=O) groups excluding carboxylic acids is 2. The van der Waals surface area contributed by atoms with Gasteiger partial charge in [0.15, 0.2) is 5.16 Å². The molecule has 0 bridgehead atoms. The highest BCUT2D eigenvalue weighted by Crippen LogP contribution is 2.16. The summed E-state index contributed by atoms with van der Waals surface area (Å²) in [6.45, 7) is 6.38. The molecule has 0 aliphatic rings. The van der Waals surface area contributed by atoms with Crippen LogP contribution in [0.4, 0.5) is 5.69 Å². The number of nitrogens with zero attached hydrogens (tertiary/aromatic N) is 2. The first kappa shape index (κ1) is 21.0. The third kappa shape index (κ3) is 7.09. The highest BCUT2D eigenvalue weighted by molar-refractivity contribution is 7.99. The molecule has 146 valence electrons. The Labute approximate surface area is 165 Å². The smallest absolute Gasteiger partial charge is 0.251 e. The summed E-state index contributed by atoms with van der Waals surface area (Å²) in [7, 11) is 1.89. The first-order valence-electron chi connectivity index (χ1n) is 9.16. The minimum Gasteiger partial charge on any atom is -0.350 e. The van der Waals surface area contributed by atoms with Crippen LogP contribution in [0.15, 0.2) is 41.8 Å². The predicted octanol–water partition coefficient (Wildman–Crippen LogP) is 3.71. The number of rotatable bonds is 9. The van der Waals surface area contributed by atoms with Gasteiger partial charge in [-0.25, -0.2) is 4.98 Å². The summed E-state index contributed by atoms with van der Waals surface area (Å²) >= 11 is 1.38. The van der Waals surface area contributed by atoms with Gasteiger partial charge in [-0.1, -0.05) is 25.6 Å². The van der Waals surface area contributed by atoms with Gasteiger partial charge in [0.2, 0.25) is 5.91 Å². The van der Waals surface area contributed by atoms with Crippen LogP contribution in [0.2, 0.25) is 0 Å². The van der Waals surface area contributed by atoms with E-state index in [1.165, 1.54) is 11.8 Å². The molecule has 0 radical (unpaired) electrons. The van der Waals surface area contributed by atoms with E-state index in [1.807, 2.05) is 24.7 Å². The van der Waals surface area contributed by atoms with Gasteiger partial charge >= 0.3 is 0 Å². The molecule has 1 heterocycles. The topological polar surface area (TPSA) is 76.0 Å². The average molecular weight is 389 g/mol. The predicted molar refractivity (Wildman–Crippen MR) is 110 cm³/mol. The van der Waals surface area contributed by atoms with E-state index in [2.05, 4.69) is 29.5 Å². The lowest BCUT2D eigenvalue weighted by Crippen LogP contribution is -2.32. The van der Waals surface area contributed by atoms with Crippen LogP contribution in [-0.4, -0.2) is 33.2 Å². The minimum atomic E-state index is -0.109. The number of aromatic nitrogens is 2. The van der Waals surface area contributed by atoms with Gasteiger partial charge in [0, 0.05) is 36.7 Å². The number of imidazole rings is 1. The van der Waals surface area contributed by atoms with Crippen LogP contribution in [0.1, 0.15) is 44.0 Å². The van der Waals surface area contributed by atoms with E-state index in [1.54, 1.807) is 30.5 Å². The average Bonchev–Trinajstić information content (AvgIpc) is 3.03. The number of carbonyl (C=O) groups is 2. The molecular formula is C20H28N4O2S. The fourth-order valence-electron chi connectivity index (χ4n) is 2.49. The van der Waals surface area contributed by atoms with Crippen molar-refractivity contribution in [1.29, 1.82) is 0 Å². The number of hydrogen-bond acceptors (Lipinski definition) is 4. The number of nitrogens with one attached hydrogen (secondary N) is 2. The Hall–Kier alpha value is -2.28. The third-order valence-corrected chi connectivity index (χ3v) is 5.15. The van der Waals surface area contributed by atoms with Crippen molar-refractivity contribution >= 4 is 29.3 Å². The Balaban J connectivity index is 1.80. The van der Waals surface area contributed by atoms with E-state index >= 15 is 0 Å². The van der Waals surface area contributed by atoms with Gasteiger partial charge in [0.05, 0.1) is 5.75 Å². The molecule has 2 N–H and O–H groups in total. The Morgan fingerprint density at radius 1 is 1.15 bits per heavy atom. The molecule has 2 amide bonds. The molecule has 0 saturated carbocycles. The summed E-state index contributed by atoms with van der Waals surface area (Å²) < 4.78 is 1.87. The second-order valence-electron chi connectivity index (χ2n) is 7.08. The van der Waals surface area contributed by atoms with Crippen LogP contribution in [-0.2, 0) is 11.8 Å². The maximum Gasteiger partial charge on any atom is 0.251 e. The number of benzene rings is 1. The van der Waals surface area contributed by atoms with Crippen molar-refractivity contribution in [2.75, 3.05) is 11.1 Å². The van der Waals surface area contributed by atoms with Crippen molar-refractivity contribution in [1.82, 2.24) is 14.9 Å². The van der Waals surface area contributed by atoms with E-state index in [9.17, 15) is 9.59 Å². The summed E-state index contributed by atoms with van der Waals surface area (Å²) in [5, 5.41) is 6.64. The lowest BCUT2D eigenvalue weighted by atomic mass is 10.0. The highest BCUT2D eigenvalue weighted by Gasteiger charge is 2.11. The Kier molecular flexibility index (Phi) is 7.91. The second kappa shape index (κ2) is 10.2. The highest BCUT2D eigenvalue weighted by atomic mass is 32.2. The minimum absolute atomic E-state index is 0.0885. The van der Waals surface area contributed by atoms with Crippen LogP contribution in [0.25, 0.3) is 0 Å². The van der Waals surface area contributed by atoms with E-state index in [4.69, 9.17) is 0 Å². The molecule has 6 nitrogen and oxygen atoms in total. The molecule has 0 aliphatic heterocycles. The Morgan fingerprint density at radius 3 is 2.44 bits per heavy atom. The number of thioether (sulfide) groups is 1. The normalized spacial score (nSPS) is 12.0. The molecule has 1 unspecified atom stereocenters. The van der Waals surface area contributed by atoms with Crippen molar-refractivity contribution in [2.24, 2.45) is 13.0 Å². The maximum atomic E-state index is 12.3. The van der Waals surface area contributed by atoms with Gasteiger partial charge in [-0.2, -0.15) is 0 Å².